The van der Waals surface area contributed by atoms with Crippen molar-refractivity contribution in [1.29, 1.82) is 0 Å². The highest BCUT2D eigenvalue weighted by molar-refractivity contribution is 7.21. The van der Waals surface area contributed by atoms with Gasteiger partial charge in [0.2, 0.25) is 0 Å². The van der Waals surface area contributed by atoms with Crippen LogP contribution in [0.25, 0.3) is 0 Å². The molecule has 0 aromatic carbocycles. The fourth-order valence-electron chi connectivity index (χ4n) is 2.61. The fraction of sp³-hybridized carbons (Fsp3) is 0.500. The Hall–Kier alpha value is -1.68. The molecular weight excluding hydrogens is 411 g/mol. The van der Waals surface area contributed by atoms with E-state index in [2.05, 4.69) is 4.74 Å². The van der Waals surface area contributed by atoms with Gasteiger partial charge in [0, 0.05) is 15.5 Å². The lowest BCUT2D eigenvalue weighted by atomic mass is 9.84. The largest absolute Gasteiger partial charge is 0.505 e. The van der Waals surface area contributed by atoms with Crippen LogP contribution in [0.15, 0.2) is 16.1 Å². The number of hydrogen-bond donors (Lipinski definition) is 0. The summed E-state index contributed by atoms with van der Waals surface area (Å²) >= 11 is 2.98. The van der Waals surface area contributed by atoms with E-state index in [1.165, 1.54) is 36.9 Å². The van der Waals surface area contributed by atoms with Crippen LogP contribution in [0, 0.1) is 13.8 Å². The number of carbonyl (C=O) groups excluding carboxylic acids is 2. The third-order valence-corrected chi connectivity index (χ3v) is 7.18. The summed E-state index contributed by atoms with van der Waals surface area (Å²) in [6.07, 6.45) is 0. The highest BCUT2D eigenvalue weighted by Gasteiger charge is 2.52. The Morgan fingerprint density at radius 3 is 1.86 bits per heavy atom. The minimum absolute atomic E-state index is 0.251. The van der Waals surface area contributed by atoms with Gasteiger partial charge in [-0.2, -0.15) is 22.7 Å². The summed E-state index contributed by atoms with van der Waals surface area (Å²) in [6, 6.07) is 0. The third-order valence-electron chi connectivity index (χ3n) is 5.21. The maximum atomic E-state index is 11.6. The second-order valence-corrected chi connectivity index (χ2v) is 9.33. The molecule has 0 saturated carbocycles. The Kier molecular flexibility index (Phi) is 7.32. The van der Waals surface area contributed by atoms with E-state index in [-0.39, 0.29) is 23.1 Å². The smallest absolute Gasteiger partial charge is 0.465 e. The molecule has 1 aliphatic rings. The lowest BCUT2D eigenvalue weighted by molar-refractivity contribution is 0.00578. The van der Waals surface area contributed by atoms with Crippen molar-refractivity contribution in [3.8, 4) is 0 Å². The first-order valence-electron chi connectivity index (χ1n) is 9.08. The van der Waals surface area contributed by atoms with E-state index in [1.807, 2.05) is 46.9 Å². The Morgan fingerprint density at radius 1 is 0.897 bits per heavy atom. The molecule has 0 unspecified atom stereocenters. The van der Waals surface area contributed by atoms with Crippen molar-refractivity contribution in [2.45, 2.75) is 52.7 Å². The Bertz CT molecular complexity index is 867. The molecular formula is C20H27BO6S2. The van der Waals surface area contributed by atoms with Gasteiger partial charge in [-0.15, -0.1) is 0 Å². The maximum Gasteiger partial charge on any atom is 0.505 e. The van der Waals surface area contributed by atoms with Crippen molar-refractivity contribution in [3.05, 3.63) is 38.4 Å². The van der Waals surface area contributed by atoms with Gasteiger partial charge in [0.1, 0.15) is 0 Å². The molecule has 2 aromatic rings. The van der Waals surface area contributed by atoms with Crippen LogP contribution in [0.2, 0.25) is 0 Å². The molecule has 29 heavy (non-hydrogen) atoms. The lowest BCUT2D eigenvalue weighted by Gasteiger charge is -2.32. The molecule has 2 aromatic heterocycles. The van der Waals surface area contributed by atoms with Crippen molar-refractivity contribution >= 4 is 46.5 Å². The number of ether oxygens (including phenoxy) is 2. The van der Waals surface area contributed by atoms with E-state index in [4.69, 9.17) is 14.0 Å². The van der Waals surface area contributed by atoms with Crippen LogP contribution in [0.4, 0.5) is 0 Å². The number of esters is 2. The van der Waals surface area contributed by atoms with Gasteiger partial charge in [-0.1, -0.05) is 0 Å². The van der Waals surface area contributed by atoms with Gasteiger partial charge < -0.3 is 18.8 Å². The zero-order chi connectivity index (χ0) is 22.0. The maximum absolute atomic E-state index is 11.6. The number of hydrogen-bond acceptors (Lipinski definition) is 8. The molecule has 0 atom stereocenters. The van der Waals surface area contributed by atoms with E-state index in [0.717, 1.165) is 15.9 Å². The molecule has 3 rings (SSSR count). The van der Waals surface area contributed by atoms with Gasteiger partial charge in [0.15, 0.2) is 0 Å². The van der Waals surface area contributed by atoms with Crippen molar-refractivity contribution in [1.82, 2.24) is 0 Å². The summed E-state index contributed by atoms with van der Waals surface area (Å²) in [5, 5.41) is 5.51. The number of thiophene rings is 2. The van der Waals surface area contributed by atoms with Crippen LogP contribution >= 0.6 is 22.7 Å². The van der Waals surface area contributed by atoms with Gasteiger partial charge in [-0.25, -0.2) is 9.59 Å². The second-order valence-electron chi connectivity index (χ2n) is 7.68. The highest BCUT2D eigenvalue weighted by atomic mass is 32.1. The molecule has 158 valence electrons. The van der Waals surface area contributed by atoms with Gasteiger partial charge >= 0.3 is 19.1 Å². The summed E-state index contributed by atoms with van der Waals surface area (Å²) in [4.78, 5) is 22.5. The van der Waals surface area contributed by atoms with E-state index in [0.29, 0.717) is 11.1 Å². The summed E-state index contributed by atoms with van der Waals surface area (Å²) < 4.78 is 22.2. The first-order valence-corrected chi connectivity index (χ1v) is 10.9. The summed E-state index contributed by atoms with van der Waals surface area (Å²) in [7, 11) is 2.35. The highest BCUT2D eigenvalue weighted by Crippen LogP contribution is 2.37. The Morgan fingerprint density at radius 2 is 1.41 bits per heavy atom. The monoisotopic (exact) mass is 438 g/mol. The predicted octanol–water partition coefficient (Wildman–Crippen LogP) is 3.99. The van der Waals surface area contributed by atoms with E-state index in [1.54, 1.807) is 10.8 Å². The SMILES string of the molecule is COC(=O)c1csc(B2OC(C)(C)C(C)(C)O2)c1C.COC(=O)c1cscc1C. The minimum atomic E-state index is -0.423. The third kappa shape index (κ3) is 4.91. The Balaban J connectivity index is 0.000000253. The fourth-order valence-corrected chi connectivity index (χ4v) is 4.43. The van der Waals surface area contributed by atoms with Gasteiger partial charge in [0.25, 0.3) is 0 Å². The van der Waals surface area contributed by atoms with Gasteiger partial charge in [0.05, 0.1) is 36.5 Å². The van der Waals surface area contributed by atoms with Crippen LogP contribution in [0.1, 0.15) is 59.5 Å². The average molecular weight is 438 g/mol. The molecule has 1 saturated heterocycles. The van der Waals surface area contributed by atoms with Gasteiger partial charge in [-0.3, -0.25) is 0 Å². The first kappa shape index (κ1) is 23.6. The summed E-state index contributed by atoms with van der Waals surface area (Å²) in [6.45, 7) is 11.8. The zero-order valence-corrected chi connectivity index (χ0v) is 19.7. The molecule has 1 fully saturated rings. The summed E-state index contributed by atoms with van der Waals surface area (Å²) in [5.74, 6) is -0.574. The molecule has 6 nitrogen and oxygen atoms in total. The van der Waals surface area contributed by atoms with E-state index >= 15 is 0 Å². The number of carbonyl (C=O) groups is 2. The van der Waals surface area contributed by atoms with Crippen LogP contribution < -0.4 is 4.78 Å². The first-order chi connectivity index (χ1) is 13.4. The van der Waals surface area contributed by atoms with Gasteiger partial charge in [-0.05, 0) is 58.0 Å². The summed E-state index contributed by atoms with van der Waals surface area (Å²) in [5.41, 5.74) is 2.36. The van der Waals surface area contributed by atoms with Crippen LogP contribution in [0.5, 0.6) is 0 Å². The molecule has 9 heteroatoms. The molecule has 0 amide bonds. The van der Waals surface area contributed by atoms with Crippen LogP contribution in [-0.2, 0) is 18.8 Å². The zero-order valence-electron chi connectivity index (χ0n) is 18.1. The number of aryl methyl sites for hydroxylation is 1. The molecule has 0 spiro atoms. The van der Waals surface area contributed by atoms with Crippen molar-refractivity contribution in [2.75, 3.05) is 14.2 Å². The number of methoxy groups -OCH3 is 2. The van der Waals surface area contributed by atoms with Crippen molar-refractivity contribution in [3.63, 3.8) is 0 Å². The lowest BCUT2D eigenvalue weighted by Crippen LogP contribution is -2.41. The second kappa shape index (κ2) is 8.99. The average Bonchev–Trinajstić information content (AvgIpc) is 3.30. The van der Waals surface area contributed by atoms with Crippen molar-refractivity contribution in [2.24, 2.45) is 0 Å². The van der Waals surface area contributed by atoms with Crippen LogP contribution in [0.3, 0.4) is 0 Å². The normalized spacial score (nSPS) is 16.8. The van der Waals surface area contributed by atoms with E-state index < -0.39 is 7.12 Å². The number of rotatable bonds is 3. The molecule has 0 bridgehead atoms. The van der Waals surface area contributed by atoms with Crippen molar-refractivity contribution < 1.29 is 28.4 Å². The topological polar surface area (TPSA) is 71.1 Å². The predicted molar refractivity (Wildman–Crippen MR) is 117 cm³/mol. The molecule has 0 N–H and O–H groups in total. The van der Waals surface area contributed by atoms with E-state index in [9.17, 15) is 9.59 Å². The Labute approximate surface area is 180 Å². The standard InChI is InChI=1S/C13H19BO4S.C7H8O2S/c1-8-9(11(15)16-6)7-19-10(8)14-17-12(2,3)13(4,5)18-14;1-5-3-10-4-6(5)7(8)9-2/h7H,1-6H3;3-4H,1-2H3. The molecule has 0 radical (unpaired) electrons. The molecule has 1 aliphatic heterocycles. The quantitative estimate of drug-likeness (QED) is 0.533. The minimum Gasteiger partial charge on any atom is -0.465 e. The van der Waals surface area contributed by atoms with Crippen LogP contribution in [-0.4, -0.2) is 44.5 Å². The molecule has 0 aliphatic carbocycles. The molecule has 3 heterocycles.